The molecule has 138 valence electrons. The van der Waals surface area contributed by atoms with Gasteiger partial charge in [0.25, 0.3) is 0 Å². The van der Waals surface area contributed by atoms with Gasteiger partial charge in [-0.15, -0.1) is 0 Å². The molecule has 0 saturated carbocycles. The minimum Gasteiger partial charge on any atom is -0.438 e. The van der Waals surface area contributed by atoms with E-state index in [4.69, 9.17) is 4.74 Å². The molecular formula is C20H20N4O2S. The summed E-state index contributed by atoms with van der Waals surface area (Å²) in [6.45, 7) is 3.57. The molecular weight excluding hydrogens is 360 g/mol. The second kappa shape index (κ2) is 7.84. The zero-order valence-corrected chi connectivity index (χ0v) is 15.8. The van der Waals surface area contributed by atoms with Crippen molar-refractivity contribution >= 4 is 28.4 Å². The molecule has 0 bridgehead atoms. The number of amidine groups is 1. The molecule has 1 saturated heterocycles. The standard InChI is InChI=1S/C20H20N4O2S/c1-14-5-6-17(19(23-25)24-9-11-27-12-10-24)20(22-14)26-18-4-2-3-15-13-21-8-7-16(15)18/h2-8,13,25H,9-12H2,1H3/b23-19-. The largest absolute Gasteiger partial charge is 0.438 e. The molecule has 1 fully saturated rings. The van der Waals surface area contributed by atoms with Crippen LogP contribution in [0.4, 0.5) is 0 Å². The van der Waals surface area contributed by atoms with E-state index in [2.05, 4.69) is 20.0 Å². The number of pyridine rings is 2. The van der Waals surface area contributed by atoms with Gasteiger partial charge < -0.3 is 14.8 Å². The van der Waals surface area contributed by atoms with E-state index < -0.39 is 0 Å². The quantitative estimate of drug-likeness (QED) is 0.321. The second-order valence-corrected chi connectivity index (χ2v) is 7.51. The molecule has 6 nitrogen and oxygen atoms in total. The van der Waals surface area contributed by atoms with Crippen molar-refractivity contribution in [3.63, 3.8) is 0 Å². The summed E-state index contributed by atoms with van der Waals surface area (Å²) in [5, 5.41) is 15.2. The number of oxime groups is 1. The number of hydrogen-bond donors (Lipinski definition) is 1. The van der Waals surface area contributed by atoms with Crippen molar-refractivity contribution < 1.29 is 9.94 Å². The summed E-state index contributed by atoms with van der Waals surface area (Å²) in [7, 11) is 0. The summed E-state index contributed by atoms with van der Waals surface area (Å²) in [6.07, 6.45) is 3.55. The number of fused-ring (bicyclic) bond motifs is 1. The normalized spacial score (nSPS) is 15.1. The number of aryl methyl sites for hydroxylation is 1. The Morgan fingerprint density at radius 2 is 2.04 bits per heavy atom. The van der Waals surface area contributed by atoms with Gasteiger partial charge in [0, 0.05) is 53.5 Å². The molecule has 0 atom stereocenters. The third-order valence-corrected chi connectivity index (χ3v) is 5.44. The van der Waals surface area contributed by atoms with Gasteiger partial charge in [0.15, 0.2) is 5.84 Å². The van der Waals surface area contributed by atoms with Crippen molar-refractivity contribution in [1.82, 2.24) is 14.9 Å². The van der Waals surface area contributed by atoms with E-state index in [0.29, 0.717) is 23.0 Å². The van der Waals surface area contributed by atoms with Gasteiger partial charge in [-0.25, -0.2) is 4.98 Å². The number of ether oxygens (including phenoxy) is 1. The van der Waals surface area contributed by atoms with Gasteiger partial charge in [-0.05, 0) is 31.2 Å². The van der Waals surface area contributed by atoms with Crippen molar-refractivity contribution in [2.75, 3.05) is 24.6 Å². The summed E-state index contributed by atoms with van der Waals surface area (Å²) in [4.78, 5) is 10.8. The average molecular weight is 380 g/mol. The highest BCUT2D eigenvalue weighted by atomic mass is 32.2. The molecule has 2 aromatic heterocycles. The Balaban J connectivity index is 1.75. The lowest BCUT2D eigenvalue weighted by atomic mass is 10.1. The molecule has 4 rings (SSSR count). The second-order valence-electron chi connectivity index (χ2n) is 6.28. The molecule has 0 amide bonds. The van der Waals surface area contributed by atoms with Crippen molar-refractivity contribution in [1.29, 1.82) is 0 Å². The fourth-order valence-corrected chi connectivity index (χ4v) is 4.03. The van der Waals surface area contributed by atoms with Gasteiger partial charge in [0.1, 0.15) is 5.75 Å². The Hall–Kier alpha value is -2.80. The number of hydrogen-bond acceptors (Lipinski definition) is 6. The van der Waals surface area contributed by atoms with E-state index in [-0.39, 0.29) is 0 Å². The van der Waals surface area contributed by atoms with Crippen LogP contribution in [-0.2, 0) is 0 Å². The van der Waals surface area contributed by atoms with E-state index in [1.54, 1.807) is 12.4 Å². The molecule has 3 aromatic rings. The molecule has 1 N–H and O–H groups in total. The summed E-state index contributed by atoms with van der Waals surface area (Å²) < 4.78 is 6.21. The van der Waals surface area contributed by atoms with Crippen LogP contribution in [-0.4, -0.2) is 50.5 Å². The van der Waals surface area contributed by atoms with Crippen LogP contribution in [0.3, 0.4) is 0 Å². The van der Waals surface area contributed by atoms with E-state index in [9.17, 15) is 5.21 Å². The predicted octanol–water partition coefficient (Wildman–Crippen LogP) is 3.92. The molecule has 1 aliphatic heterocycles. The van der Waals surface area contributed by atoms with Crippen molar-refractivity contribution in [3.8, 4) is 11.6 Å². The number of aromatic nitrogens is 2. The van der Waals surface area contributed by atoms with Crippen LogP contribution >= 0.6 is 11.8 Å². The SMILES string of the molecule is Cc1ccc(/C(=N/O)N2CCSCC2)c(Oc2cccc3cnccc23)n1. The van der Waals surface area contributed by atoms with Crippen molar-refractivity contribution in [3.05, 3.63) is 60.0 Å². The molecule has 3 heterocycles. The van der Waals surface area contributed by atoms with Crippen molar-refractivity contribution in [2.24, 2.45) is 5.16 Å². The molecule has 0 aliphatic carbocycles. The highest BCUT2D eigenvalue weighted by Crippen LogP contribution is 2.31. The minimum absolute atomic E-state index is 0.435. The van der Waals surface area contributed by atoms with E-state index in [1.165, 1.54) is 0 Å². The number of nitrogens with zero attached hydrogens (tertiary/aromatic N) is 4. The first kappa shape index (κ1) is 17.6. The predicted molar refractivity (Wildman–Crippen MR) is 108 cm³/mol. The van der Waals surface area contributed by atoms with Crippen LogP contribution in [0.2, 0.25) is 0 Å². The molecule has 27 heavy (non-hydrogen) atoms. The number of thioether (sulfide) groups is 1. The summed E-state index contributed by atoms with van der Waals surface area (Å²) in [5.41, 5.74) is 1.52. The Morgan fingerprint density at radius 3 is 2.85 bits per heavy atom. The molecule has 0 radical (unpaired) electrons. The molecule has 1 aromatic carbocycles. The third kappa shape index (κ3) is 3.68. The van der Waals surface area contributed by atoms with Gasteiger partial charge in [-0.3, -0.25) is 4.98 Å². The summed E-state index contributed by atoms with van der Waals surface area (Å²) >= 11 is 1.90. The Labute approximate surface area is 161 Å². The summed E-state index contributed by atoms with van der Waals surface area (Å²) in [5.74, 6) is 3.64. The van der Waals surface area contributed by atoms with Crippen LogP contribution in [0.25, 0.3) is 10.8 Å². The first-order valence-electron chi connectivity index (χ1n) is 8.79. The Bertz CT molecular complexity index is 981. The van der Waals surface area contributed by atoms with E-state index >= 15 is 0 Å². The smallest absolute Gasteiger partial charge is 0.230 e. The maximum atomic E-state index is 9.71. The van der Waals surface area contributed by atoms with Crippen LogP contribution in [0, 0.1) is 6.92 Å². The lowest BCUT2D eigenvalue weighted by Gasteiger charge is -2.29. The van der Waals surface area contributed by atoms with Crippen LogP contribution in [0.15, 0.2) is 53.9 Å². The van der Waals surface area contributed by atoms with Crippen LogP contribution in [0.1, 0.15) is 11.3 Å². The molecule has 1 aliphatic rings. The van der Waals surface area contributed by atoms with Gasteiger partial charge >= 0.3 is 0 Å². The zero-order chi connectivity index (χ0) is 18.6. The fourth-order valence-electron chi connectivity index (χ4n) is 3.13. The van der Waals surface area contributed by atoms with E-state index in [0.717, 1.165) is 41.1 Å². The monoisotopic (exact) mass is 380 g/mol. The molecule has 7 heteroatoms. The van der Waals surface area contributed by atoms with Gasteiger partial charge in [0.05, 0.1) is 5.56 Å². The molecule has 0 unspecified atom stereocenters. The van der Waals surface area contributed by atoms with Gasteiger partial charge in [-0.2, -0.15) is 11.8 Å². The topological polar surface area (TPSA) is 70.8 Å². The average Bonchev–Trinajstić information content (AvgIpc) is 2.71. The van der Waals surface area contributed by atoms with Crippen LogP contribution < -0.4 is 4.74 Å². The lowest BCUT2D eigenvalue weighted by Crippen LogP contribution is -2.38. The Kier molecular flexibility index (Phi) is 5.11. The summed E-state index contributed by atoms with van der Waals surface area (Å²) in [6, 6.07) is 11.6. The van der Waals surface area contributed by atoms with Gasteiger partial charge in [-0.1, -0.05) is 17.3 Å². The Morgan fingerprint density at radius 1 is 1.19 bits per heavy atom. The highest BCUT2D eigenvalue weighted by Gasteiger charge is 2.22. The first-order chi connectivity index (χ1) is 13.3. The maximum Gasteiger partial charge on any atom is 0.230 e. The first-order valence-corrected chi connectivity index (χ1v) is 9.95. The number of rotatable bonds is 3. The lowest BCUT2D eigenvalue weighted by molar-refractivity contribution is 0.303. The minimum atomic E-state index is 0.435. The zero-order valence-electron chi connectivity index (χ0n) is 15.0. The van der Waals surface area contributed by atoms with Crippen LogP contribution in [0.5, 0.6) is 11.6 Å². The van der Waals surface area contributed by atoms with Crippen molar-refractivity contribution in [2.45, 2.75) is 6.92 Å². The van der Waals surface area contributed by atoms with Gasteiger partial charge in [0.2, 0.25) is 5.88 Å². The third-order valence-electron chi connectivity index (χ3n) is 4.49. The van der Waals surface area contributed by atoms with E-state index in [1.807, 2.05) is 55.1 Å². The number of benzene rings is 1. The fraction of sp³-hybridized carbons (Fsp3) is 0.250. The maximum absolute atomic E-state index is 9.71. The highest BCUT2D eigenvalue weighted by molar-refractivity contribution is 7.99. The molecule has 0 spiro atoms.